The average molecular weight is 234 g/mol. The number of hydrogen-bond acceptors (Lipinski definition) is 3. The lowest BCUT2D eigenvalue weighted by molar-refractivity contribution is -0.126. The Morgan fingerprint density at radius 1 is 1.47 bits per heavy atom. The summed E-state index contributed by atoms with van der Waals surface area (Å²) in [6, 6.07) is 7.67. The van der Waals surface area contributed by atoms with Crippen molar-refractivity contribution < 1.29 is 9.53 Å². The summed E-state index contributed by atoms with van der Waals surface area (Å²) in [5.74, 6) is 0.772. The topological polar surface area (TPSA) is 55.6 Å². The van der Waals surface area contributed by atoms with Gasteiger partial charge in [-0.25, -0.2) is 0 Å². The molecule has 1 heterocycles. The van der Waals surface area contributed by atoms with Crippen molar-refractivity contribution in [3.63, 3.8) is 0 Å². The van der Waals surface area contributed by atoms with Gasteiger partial charge >= 0.3 is 0 Å². The van der Waals surface area contributed by atoms with Gasteiger partial charge in [-0.3, -0.25) is 4.79 Å². The third-order valence-corrected chi connectivity index (χ3v) is 2.99. The summed E-state index contributed by atoms with van der Waals surface area (Å²) in [5, 5.41) is 0. The molecule has 2 rings (SSSR count). The Kier molecular flexibility index (Phi) is 3.33. The number of fused-ring (bicyclic) bond motifs is 1. The van der Waals surface area contributed by atoms with Gasteiger partial charge in [-0.1, -0.05) is 12.1 Å². The van der Waals surface area contributed by atoms with E-state index in [0.717, 1.165) is 17.9 Å². The van der Waals surface area contributed by atoms with Gasteiger partial charge in [0.1, 0.15) is 5.75 Å². The quantitative estimate of drug-likeness (QED) is 0.863. The molecular formula is C13H18N2O2. The molecule has 0 saturated carbocycles. The van der Waals surface area contributed by atoms with Crippen molar-refractivity contribution in [2.45, 2.75) is 31.9 Å². The highest BCUT2D eigenvalue weighted by Gasteiger charge is 2.31. The van der Waals surface area contributed by atoms with Gasteiger partial charge in [-0.15, -0.1) is 0 Å². The van der Waals surface area contributed by atoms with Crippen molar-refractivity contribution in [3.8, 4) is 5.75 Å². The second kappa shape index (κ2) is 4.75. The molecule has 1 aromatic rings. The first-order chi connectivity index (χ1) is 8.09. The molecule has 0 bridgehead atoms. The van der Waals surface area contributed by atoms with Crippen LogP contribution in [0.25, 0.3) is 0 Å². The number of para-hydroxylation sites is 2. The standard InChI is InChI=1S/C13H18N2O2/c1-9(14)7-8-12-13(16)15(2)10-5-3-4-6-11(10)17-12/h3-6,9,12H,7-8,14H2,1-2H3. The van der Waals surface area contributed by atoms with Crippen LogP contribution < -0.4 is 15.4 Å². The third kappa shape index (κ3) is 2.42. The molecule has 0 fully saturated rings. The number of hydrogen-bond donors (Lipinski definition) is 1. The van der Waals surface area contributed by atoms with Gasteiger partial charge in [0.05, 0.1) is 5.69 Å². The largest absolute Gasteiger partial charge is 0.478 e. The van der Waals surface area contributed by atoms with Crippen molar-refractivity contribution in [2.24, 2.45) is 5.73 Å². The zero-order valence-corrected chi connectivity index (χ0v) is 10.2. The zero-order valence-electron chi connectivity index (χ0n) is 10.2. The van der Waals surface area contributed by atoms with Gasteiger partial charge in [-0.05, 0) is 31.9 Å². The normalized spacial score (nSPS) is 20.8. The van der Waals surface area contributed by atoms with Crippen LogP contribution in [0.2, 0.25) is 0 Å². The van der Waals surface area contributed by atoms with Crippen LogP contribution in [0.15, 0.2) is 24.3 Å². The van der Waals surface area contributed by atoms with Gasteiger partial charge in [0.25, 0.3) is 5.91 Å². The molecule has 1 aromatic carbocycles. The van der Waals surface area contributed by atoms with E-state index in [2.05, 4.69) is 0 Å². The van der Waals surface area contributed by atoms with E-state index in [1.54, 1.807) is 11.9 Å². The maximum atomic E-state index is 12.1. The molecule has 0 aromatic heterocycles. The zero-order chi connectivity index (χ0) is 12.4. The van der Waals surface area contributed by atoms with Crippen molar-refractivity contribution in [1.29, 1.82) is 0 Å². The lowest BCUT2D eigenvalue weighted by atomic mass is 10.1. The first-order valence-electron chi connectivity index (χ1n) is 5.88. The van der Waals surface area contributed by atoms with Crippen LogP contribution in [0.1, 0.15) is 19.8 Å². The van der Waals surface area contributed by atoms with E-state index in [-0.39, 0.29) is 11.9 Å². The second-order valence-electron chi connectivity index (χ2n) is 4.53. The summed E-state index contributed by atoms with van der Waals surface area (Å²) in [5.41, 5.74) is 6.53. The van der Waals surface area contributed by atoms with Crippen molar-refractivity contribution in [2.75, 3.05) is 11.9 Å². The molecule has 92 valence electrons. The molecule has 17 heavy (non-hydrogen) atoms. The van der Waals surface area contributed by atoms with Crippen LogP contribution >= 0.6 is 0 Å². The van der Waals surface area contributed by atoms with Crippen LogP contribution in [0.3, 0.4) is 0 Å². The molecule has 0 saturated heterocycles. The van der Waals surface area contributed by atoms with Crippen LogP contribution in [0, 0.1) is 0 Å². The molecule has 1 amide bonds. The Balaban J connectivity index is 2.16. The minimum Gasteiger partial charge on any atom is -0.478 e. The van der Waals surface area contributed by atoms with E-state index < -0.39 is 6.10 Å². The van der Waals surface area contributed by atoms with Crippen molar-refractivity contribution >= 4 is 11.6 Å². The van der Waals surface area contributed by atoms with Crippen LogP contribution in [-0.4, -0.2) is 25.1 Å². The van der Waals surface area contributed by atoms with Gasteiger partial charge in [0, 0.05) is 13.1 Å². The number of anilines is 1. The van der Waals surface area contributed by atoms with E-state index in [0.29, 0.717) is 6.42 Å². The van der Waals surface area contributed by atoms with Crippen molar-refractivity contribution in [3.05, 3.63) is 24.3 Å². The summed E-state index contributed by atoms with van der Waals surface area (Å²) in [4.78, 5) is 13.7. The van der Waals surface area contributed by atoms with Gasteiger partial charge < -0.3 is 15.4 Å². The fourth-order valence-corrected chi connectivity index (χ4v) is 1.97. The van der Waals surface area contributed by atoms with E-state index >= 15 is 0 Å². The number of carbonyl (C=O) groups is 1. The first-order valence-corrected chi connectivity index (χ1v) is 5.88. The summed E-state index contributed by atoms with van der Waals surface area (Å²) >= 11 is 0. The highest BCUT2D eigenvalue weighted by molar-refractivity contribution is 5.99. The van der Waals surface area contributed by atoms with Gasteiger partial charge in [0.2, 0.25) is 0 Å². The van der Waals surface area contributed by atoms with Gasteiger partial charge in [-0.2, -0.15) is 0 Å². The molecule has 0 radical (unpaired) electrons. The highest BCUT2D eigenvalue weighted by Crippen LogP contribution is 2.33. The maximum Gasteiger partial charge on any atom is 0.267 e. The lowest BCUT2D eigenvalue weighted by Crippen LogP contribution is -2.44. The molecular weight excluding hydrogens is 216 g/mol. The second-order valence-corrected chi connectivity index (χ2v) is 4.53. The maximum absolute atomic E-state index is 12.1. The van der Waals surface area contributed by atoms with Crippen molar-refractivity contribution in [1.82, 2.24) is 0 Å². The number of benzene rings is 1. The number of nitrogens with two attached hydrogens (primary N) is 1. The van der Waals surface area contributed by atoms with E-state index in [1.807, 2.05) is 31.2 Å². The Morgan fingerprint density at radius 3 is 2.88 bits per heavy atom. The number of amides is 1. The summed E-state index contributed by atoms with van der Waals surface area (Å²) in [7, 11) is 1.78. The van der Waals surface area contributed by atoms with Gasteiger partial charge in [0.15, 0.2) is 6.10 Å². The Hall–Kier alpha value is -1.55. The number of carbonyl (C=O) groups excluding carboxylic acids is 1. The predicted octanol–water partition coefficient (Wildman–Crippen LogP) is 1.54. The minimum atomic E-state index is -0.402. The highest BCUT2D eigenvalue weighted by atomic mass is 16.5. The molecule has 4 heteroatoms. The molecule has 2 atom stereocenters. The molecule has 1 aliphatic heterocycles. The van der Waals surface area contributed by atoms with E-state index in [4.69, 9.17) is 10.5 Å². The van der Waals surface area contributed by atoms with Crippen LogP contribution in [-0.2, 0) is 4.79 Å². The molecule has 1 aliphatic rings. The Morgan fingerprint density at radius 2 is 2.18 bits per heavy atom. The summed E-state index contributed by atoms with van der Waals surface area (Å²) < 4.78 is 5.72. The monoisotopic (exact) mass is 234 g/mol. The van der Waals surface area contributed by atoms with E-state index in [1.165, 1.54) is 0 Å². The smallest absolute Gasteiger partial charge is 0.267 e. The fourth-order valence-electron chi connectivity index (χ4n) is 1.97. The minimum absolute atomic E-state index is 0.00403. The summed E-state index contributed by atoms with van der Waals surface area (Å²) in [6.45, 7) is 1.94. The molecule has 2 N–H and O–H groups in total. The summed E-state index contributed by atoms with van der Waals surface area (Å²) in [6.07, 6.45) is 1.04. The average Bonchev–Trinajstić information content (AvgIpc) is 2.32. The third-order valence-electron chi connectivity index (χ3n) is 2.99. The van der Waals surface area contributed by atoms with Crippen LogP contribution in [0.4, 0.5) is 5.69 Å². The predicted molar refractivity (Wildman–Crippen MR) is 67.2 cm³/mol. The Bertz CT molecular complexity index is 418. The van der Waals surface area contributed by atoms with E-state index in [9.17, 15) is 4.79 Å². The SMILES string of the molecule is CC(N)CCC1Oc2ccccc2N(C)C1=O. The number of rotatable bonds is 3. The molecule has 2 unspecified atom stereocenters. The molecule has 0 spiro atoms. The Labute approximate surface area is 101 Å². The fraction of sp³-hybridized carbons (Fsp3) is 0.462. The van der Waals surface area contributed by atoms with Crippen LogP contribution in [0.5, 0.6) is 5.75 Å². The lowest BCUT2D eigenvalue weighted by Gasteiger charge is -2.32. The first kappa shape index (κ1) is 11.9. The molecule has 0 aliphatic carbocycles. The molecule has 4 nitrogen and oxygen atoms in total. The number of nitrogens with zero attached hydrogens (tertiary/aromatic N) is 1. The number of likely N-dealkylation sites (N-methyl/N-ethyl adjacent to an activating group) is 1. The number of ether oxygens (including phenoxy) is 1.